The van der Waals surface area contributed by atoms with Gasteiger partial charge in [-0.25, -0.2) is 27.1 Å². The van der Waals surface area contributed by atoms with Crippen LogP contribution in [-0.2, 0) is 20.0 Å². The lowest BCUT2D eigenvalue weighted by Gasteiger charge is -2.12. The Kier molecular flexibility index (Phi) is 10.5. The molecule has 10 heteroatoms. The van der Waals surface area contributed by atoms with Crippen LogP contribution in [0.1, 0.15) is 47.6 Å². The SMILES string of the molecule is C=CCC[C@@H](c1ccccn1)S(N)(=O)=O.C=CCC[C@H](c1ccccn1)S(N)(=O)=O. The van der Waals surface area contributed by atoms with Crippen molar-refractivity contribution in [1.29, 1.82) is 0 Å². The number of hydrogen-bond donors (Lipinski definition) is 2. The van der Waals surface area contributed by atoms with E-state index < -0.39 is 30.5 Å². The number of nitrogens with two attached hydrogens (primary N) is 2. The normalized spacial score (nSPS) is 13.4. The summed E-state index contributed by atoms with van der Waals surface area (Å²) in [7, 11) is -7.20. The van der Waals surface area contributed by atoms with E-state index in [0.717, 1.165) is 0 Å². The summed E-state index contributed by atoms with van der Waals surface area (Å²) >= 11 is 0. The molecule has 0 aliphatic rings. The Morgan fingerprint density at radius 1 is 0.767 bits per heavy atom. The molecule has 0 fully saturated rings. The number of nitrogens with zero attached hydrogens (tertiary/aromatic N) is 2. The Morgan fingerprint density at radius 3 is 1.37 bits per heavy atom. The minimum atomic E-state index is -3.60. The fourth-order valence-corrected chi connectivity index (χ4v) is 4.51. The van der Waals surface area contributed by atoms with E-state index >= 15 is 0 Å². The lowest BCUT2D eigenvalue weighted by atomic mass is 10.1. The number of hydrogen-bond acceptors (Lipinski definition) is 6. The number of aromatic nitrogens is 2. The van der Waals surface area contributed by atoms with E-state index in [0.29, 0.717) is 37.1 Å². The van der Waals surface area contributed by atoms with Crippen LogP contribution in [0.15, 0.2) is 74.1 Å². The van der Waals surface area contributed by atoms with Crippen LogP contribution in [0.2, 0.25) is 0 Å². The van der Waals surface area contributed by atoms with Crippen LogP contribution in [0, 0.1) is 0 Å². The first-order valence-electron chi connectivity index (χ1n) is 9.18. The number of pyridine rings is 2. The molecule has 0 amide bonds. The summed E-state index contributed by atoms with van der Waals surface area (Å²) in [5.74, 6) is 0. The fourth-order valence-electron chi connectivity index (χ4n) is 2.63. The van der Waals surface area contributed by atoms with Crippen LogP contribution in [-0.4, -0.2) is 26.8 Å². The molecule has 2 atom stereocenters. The van der Waals surface area contributed by atoms with Gasteiger partial charge in [0.25, 0.3) is 0 Å². The maximum absolute atomic E-state index is 11.3. The first-order valence-corrected chi connectivity index (χ1v) is 12.4. The van der Waals surface area contributed by atoms with Crippen molar-refractivity contribution >= 4 is 20.0 Å². The van der Waals surface area contributed by atoms with Gasteiger partial charge in [-0.05, 0) is 49.9 Å². The van der Waals surface area contributed by atoms with Gasteiger partial charge in [0.2, 0.25) is 20.0 Å². The number of primary sulfonamides is 2. The van der Waals surface area contributed by atoms with Gasteiger partial charge in [0.1, 0.15) is 10.5 Å². The molecule has 2 rings (SSSR count). The maximum Gasteiger partial charge on any atom is 0.217 e. The third kappa shape index (κ3) is 8.95. The smallest absolute Gasteiger partial charge is 0.217 e. The van der Waals surface area contributed by atoms with Crippen LogP contribution in [0.4, 0.5) is 0 Å². The van der Waals surface area contributed by atoms with Crippen LogP contribution in [0.3, 0.4) is 0 Å². The molecule has 0 spiro atoms. The van der Waals surface area contributed by atoms with Gasteiger partial charge in [-0.3, -0.25) is 9.97 Å². The molecule has 2 aromatic heterocycles. The van der Waals surface area contributed by atoms with E-state index in [1.54, 1.807) is 60.9 Å². The van der Waals surface area contributed by atoms with E-state index in [-0.39, 0.29) is 0 Å². The van der Waals surface area contributed by atoms with Crippen molar-refractivity contribution in [3.05, 3.63) is 85.5 Å². The zero-order valence-corrected chi connectivity index (χ0v) is 18.3. The maximum atomic E-state index is 11.3. The molecule has 2 aromatic rings. The quantitative estimate of drug-likeness (QED) is 0.530. The highest BCUT2D eigenvalue weighted by molar-refractivity contribution is 7.89. The van der Waals surface area contributed by atoms with Gasteiger partial charge in [-0.2, -0.15) is 0 Å². The molecule has 0 radical (unpaired) electrons. The summed E-state index contributed by atoms with van der Waals surface area (Å²) in [6.07, 6.45) is 8.47. The Labute approximate surface area is 178 Å². The van der Waals surface area contributed by atoms with Gasteiger partial charge in [-0.15, -0.1) is 13.2 Å². The summed E-state index contributed by atoms with van der Waals surface area (Å²) < 4.78 is 45.4. The predicted molar refractivity (Wildman–Crippen MR) is 119 cm³/mol. The molecule has 0 unspecified atom stereocenters. The van der Waals surface area contributed by atoms with Gasteiger partial charge in [-0.1, -0.05) is 24.3 Å². The van der Waals surface area contributed by atoms with Gasteiger partial charge < -0.3 is 0 Å². The fraction of sp³-hybridized carbons (Fsp3) is 0.300. The van der Waals surface area contributed by atoms with Gasteiger partial charge in [0.05, 0.1) is 11.4 Å². The molecular formula is C20H28N4O4S2. The largest absolute Gasteiger partial charge is 0.260 e. The van der Waals surface area contributed by atoms with Crippen LogP contribution in [0.5, 0.6) is 0 Å². The molecule has 8 nitrogen and oxygen atoms in total. The molecule has 0 aliphatic heterocycles. The van der Waals surface area contributed by atoms with Crippen molar-refractivity contribution in [1.82, 2.24) is 9.97 Å². The second-order valence-corrected chi connectivity index (χ2v) is 9.89. The zero-order chi connectivity index (χ0) is 22.6. The molecule has 0 aliphatic carbocycles. The van der Waals surface area contributed by atoms with E-state index in [9.17, 15) is 16.8 Å². The molecule has 0 bridgehead atoms. The van der Waals surface area contributed by atoms with Crippen molar-refractivity contribution < 1.29 is 16.8 Å². The molecule has 2 heterocycles. The van der Waals surface area contributed by atoms with Crippen molar-refractivity contribution in [2.45, 2.75) is 36.2 Å². The summed E-state index contributed by atoms with van der Waals surface area (Å²) in [5.41, 5.74) is 0.976. The second kappa shape index (κ2) is 12.3. The Balaban J connectivity index is 0.000000300. The standard InChI is InChI=1S/2C10H14N2O2S/c2*1-2-3-7-10(15(11,13)14)9-6-4-5-8-12-9/h2*2,4-6,8,10H,1,3,7H2,(H2,11,13,14)/t2*10-/m10/s1. The molecular weight excluding hydrogens is 424 g/mol. The van der Waals surface area contributed by atoms with E-state index in [4.69, 9.17) is 10.3 Å². The Morgan fingerprint density at radius 2 is 1.13 bits per heavy atom. The van der Waals surface area contributed by atoms with Crippen molar-refractivity contribution in [3.8, 4) is 0 Å². The summed E-state index contributed by atoms with van der Waals surface area (Å²) in [6, 6.07) is 10.3. The highest BCUT2D eigenvalue weighted by atomic mass is 32.2. The van der Waals surface area contributed by atoms with Crippen LogP contribution in [0.25, 0.3) is 0 Å². The predicted octanol–water partition coefficient (Wildman–Crippen LogP) is 2.75. The Bertz CT molecular complexity index is 912. The molecule has 164 valence electrons. The van der Waals surface area contributed by atoms with Crippen molar-refractivity contribution in [2.24, 2.45) is 10.3 Å². The third-order valence-electron chi connectivity index (χ3n) is 4.09. The topological polar surface area (TPSA) is 146 Å². The summed E-state index contributed by atoms with van der Waals surface area (Å²) in [4.78, 5) is 8.01. The molecule has 0 aromatic carbocycles. The minimum absolute atomic E-state index is 0.416. The first-order chi connectivity index (χ1) is 14.1. The Hall–Kier alpha value is -2.40. The van der Waals surface area contributed by atoms with Crippen molar-refractivity contribution in [2.75, 3.05) is 0 Å². The number of rotatable bonds is 10. The van der Waals surface area contributed by atoms with Crippen LogP contribution >= 0.6 is 0 Å². The van der Waals surface area contributed by atoms with Gasteiger partial charge in [0.15, 0.2) is 0 Å². The van der Waals surface area contributed by atoms with Gasteiger partial charge in [0, 0.05) is 12.4 Å². The third-order valence-corrected chi connectivity index (χ3v) is 6.64. The van der Waals surface area contributed by atoms with Gasteiger partial charge >= 0.3 is 0 Å². The van der Waals surface area contributed by atoms with Crippen molar-refractivity contribution in [3.63, 3.8) is 0 Å². The lowest BCUT2D eigenvalue weighted by molar-refractivity contribution is 0.573. The van der Waals surface area contributed by atoms with Crippen LogP contribution < -0.4 is 10.3 Å². The van der Waals surface area contributed by atoms with E-state index in [1.165, 1.54) is 0 Å². The highest BCUT2D eigenvalue weighted by Crippen LogP contribution is 2.24. The monoisotopic (exact) mass is 452 g/mol. The summed E-state index contributed by atoms with van der Waals surface area (Å²) in [6.45, 7) is 7.10. The minimum Gasteiger partial charge on any atom is -0.260 e. The average Bonchev–Trinajstić information content (AvgIpc) is 2.69. The highest BCUT2D eigenvalue weighted by Gasteiger charge is 2.24. The van der Waals surface area contributed by atoms with E-state index in [2.05, 4.69) is 23.1 Å². The summed E-state index contributed by atoms with van der Waals surface area (Å²) in [5, 5.41) is 8.82. The molecule has 0 saturated heterocycles. The lowest BCUT2D eigenvalue weighted by Crippen LogP contribution is -2.22. The zero-order valence-electron chi connectivity index (χ0n) is 16.7. The molecule has 4 N–H and O–H groups in total. The molecule has 0 saturated carbocycles. The first kappa shape index (κ1) is 25.6. The number of allylic oxidation sites excluding steroid dienone is 2. The average molecular weight is 453 g/mol. The second-order valence-electron chi connectivity index (χ2n) is 6.40. The molecule has 30 heavy (non-hydrogen) atoms. The number of sulfonamides is 2. The van der Waals surface area contributed by atoms with E-state index in [1.807, 2.05) is 0 Å².